The summed E-state index contributed by atoms with van der Waals surface area (Å²) in [7, 11) is 0. The first-order valence-electron chi connectivity index (χ1n) is 8.10. The molecule has 0 saturated carbocycles. The van der Waals surface area contributed by atoms with E-state index in [1.54, 1.807) is 49.6 Å². The molecule has 0 aliphatic heterocycles. The Morgan fingerprint density at radius 1 is 1.07 bits per heavy atom. The van der Waals surface area contributed by atoms with E-state index in [0.717, 1.165) is 0 Å². The fourth-order valence-electron chi connectivity index (χ4n) is 2.15. The van der Waals surface area contributed by atoms with Crippen LogP contribution in [0.5, 0.6) is 0 Å². The van der Waals surface area contributed by atoms with Gasteiger partial charge >= 0.3 is 0 Å². The molecule has 0 aliphatic carbocycles. The zero-order valence-electron chi connectivity index (χ0n) is 14.7. The van der Waals surface area contributed by atoms with Crippen molar-refractivity contribution in [3.63, 3.8) is 0 Å². The molecule has 2 N–H and O–H groups in total. The van der Waals surface area contributed by atoms with E-state index >= 15 is 0 Å². The van der Waals surface area contributed by atoms with Crippen LogP contribution in [-0.4, -0.2) is 32.2 Å². The van der Waals surface area contributed by atoms with Gasteiger partial charge in [0.1, 0.15) is 0 Å². The minimum Gasteiger partial charge on any atom is -0.411 e. The molecule has 0 spiro atoms. The van der Waals surface area contributed by atoms with Crippen LogP contribution in [0.4, 0.5) is 11.4 Å². The average Bonchev–Trinajstić information content (AvgIpc) is 3.12. The molecule has 138 valence electrons. The molecule has 2 amide bonds. The molecular weight excluding hydrogens is 366 g/mol. The zero-order valence-corrected chi connectivity index (χ0v) is 15.5. The molecule has 3 rings (SSSR count). The van der Waals surface area contributed by atoms with Crippen LogP contribution in [0.2, 0.25) is 0 Å². The number of benzene rings is 1. The highest BCUT2D eigenvalue weighted by Crippen LogP contribution is 2.26. The molecule has 1 aromatic carbocycles. The number of rotatable bonds is 6. The second-order valence-electron chi connectivity index (χ2n) is 5.62. The van der Waals surface area contributed by atoms with Gasteiger partial charge in [-0.25, -0.2) is 0 Å². The van der Waals surface area contributed by atoms with Crippen LogP contribution in [-0.2, 0) is 9.59 Å². The third-order valence-electron chi connectivity index (χ3n) is 3.43. The summed E-state index contributed by atoms with van der Waals surface area (Å²) >= 11 is 1.17. The van der Waals surface area contributed by atoms with Crippen LogP contribution in [0.3, 0.4) is 0 Å². The van der Waals surface area contributed by atoms with Gasteiger partial charge < -0.3 is 15.1 Å². The number of aromatic nitrogens is 3. The third-order valence-corrected chi connectivity index (χ3v) is 4.37. The summed E-state index contributed by atoms with van der Waals surface area (Å²) in [5.74, 6) is 0.00203. The van der Waals surface area contributed by atoms with Crippen molar-refractivity contribution in [2.24, 2.45) is 0 Å². The van der Waals surface area contributed by atoms with Crippen molar-refractivity contribution in [2.45, 2.75) is 24.3 Å². The van der Waals surface area contributed by atoms with Crippen LogP contribution in [0.15, 0.2) is 58.4 Å². The summed E-state index contributed by atoms with van der Waals surface area (Å²) in [6.45, 7) is 3.19. The molecule has 1 atom stereocenters. The van der Waals surface area contributed by atoms with Crippen molar-refractivity contribution in [3.05, 3.63) is 48.8 Å². The fourth-order valence-corrected chi connectivity index (χ4v) is 2.84. The molecule has 0 aliphatic rings. The summed E-state index contributed by atoms with van der Waals surface area (Å²) < 4.78 is 5.57. The number of hydrogen-bond donors (Lipinski definition) is 2. The predicted octanol–water partition coefficient (Wildman–Crippen LogP) is 3.21. The number of carbonyl (C=O) groups is 2. The zero-order chi connectivity index (χ0) is 19.2. The lowest BCUT2D eigenvalue weighted by Gasteiger charge is -2.10. The van der Waals surface area contributed by atoms with Crippen LogP contribution in [0.25, 0.3) is 11.5 Å². The summed E-state index contributed by atoms with van der Waals surface area (Å²) in [6.07, 6.45) is 3.29. The molecule has 1 unspecified atom stereocenters. The summed E-state index contributed by atoms with van der Waals surface area (Å²) in [5, 5.41) is 13.3. The Hall–Kier alpha value is -3.20. The van der Waals surface area contributed by atoms with Gasteiger partial charge in [0.05, 0.1) is 10.8 Å². The molecule has 0 radical (unpaired) electrons. The number of pyridine rings is 1. The quantitative estimate of drug-likeness (QED) is 0.629. The normalized spacial score (nSPS) is 11.6. The van der Waals surface area contributed by atoms with Crippen LogP contribution >= 0.6 is 11.8 Å². The molecule has 0 saturated heterocycles. The van der Waals surface area contributed by atoms with Crippen LogP contribution in [0.1, 0.15) is 13.8 Å². The van der Waals surface area contributed by atoms with E-state index in [-0.39, 0.29) is 11.8 Å². The maximum absolute atomic E-state index is 12.4. The largest absolute Gasteiger partial charge is 0.411 e. The van der Waals surface area contributed by atoms with E-state index in [9.17, 15) is 9.59 Å². The minimum atomic E-state index is -0.442. The summed E-state index contributed by atoms with van der Waals surface area (Å²) in [5.41, 5.74) is 2.01. The number of amides is 2. The Labute approximate surface area is 159 Å². The standard InChI is InChI=1S/C18H17N5O3S/c1-11(16(25)21-15-7-5-14(6-8-15)20-12(2)24)27-18-23-22-17(26-18)13-4-3-9-19-10-13/h3-11H,1-2H3,(H,20,24)(H,21,25). The molecular formula is C18H17N5O3S. The number of thioether (sulfide) groups is 1. The lowest BCUT2D eigenvalue weighted by molar-refractivity contribution is -0.115. The molecule has 8 nitrogen and oxygen atoms in total. The van der Waals surface area contributed by atoms with Gasteiger partial charge in [0.25, 0.3) is 5.22 Å². The van der Waals surface area contributed by atoms with E-state index in [1.807, 2.05) is 6.07 Å². The Morgan fingerprint density at radius 3 is 2.41 bits per heavy atom. The number of anilines is 2. The van der Waals surface area contributed by atoms with Gasteiger partial charge in [-0.1, -0.05) is 11.8 Å². The van der Waals surface area contributed by atoms with Gasteiger partial charge in [-0.15, -0.1) is 10.2 Å². The second kappa shape index (κ2) is 8.45. The van der Waals surface area contributed by atoms with Crippen molar-refractivity contribution >= 4 is 35.0 Å². The molecule has 0 fully saturated rings. The third kappa shape index (κ3) is 5.14. The highest BCUT2D eigenvalue weighted by molar-refractivity contribution is 8.00. The SMILES string of the molecule is CC(=O)Nc1ccc(NC(=O)C(C)Sc2nnc(-c3cccnc3)o2)cc1. The van der Waals surface area contributed by atoms with Gasteiger partial charge in [0.2, 0.25) is 17.7 Å². The maximum Gasteiger partial charge on any atom is 0.277 e. The summed E-state index contributed by atoms with van der Waals surface area (Å²) in [4.78, 5) is 27.4. The summed E-state index contributed by atoms with van der Waals surface area (Å²) in [6, 6.07) is 10.5. The Bertz CT molecular complexity index is 928. The Balaban J connectivity index is 1.58. The van der Waals surface area contributed by atoms with E-state index in [2.05, 4.69) is 25.8 Å². The molecule has 2 heterocycles. The van der Waals surface area contributed by atoms with Crippen molar-refractivity contribution < 1.29 is 14.0 Å². The maximum atomic E-state index is 12.4. The topological polar surface area (TPSA) is 110 Å². The van der Waals surface area contributed by atoms with Crippen LogP contribution in [0, 0.1) is 0 Å². The Morgan fingerprint density at radius 2 is 1.78 bits per heavy atom. The number of nitrogens with one attached hydrogen (secondary N) is 2. The number of hydrogen-bond acceptors (Lipinski definition) is 7. The molecule has 9 heteroatoms. The fraction of sp³-hybridized carbons (Fsp3) is 0.167. The van der Waals surface area contributed by atoms with Gasteiger partial charge in [-0.2, -0.15) is 0 Å². The second-order valence-corrected chi connectivity index (χ2v) is 6.91. The lowest BCUT2D eigenvalue weighted by Crippen LogP contribution is -2.22. The molecule has 27 heavy (non-hydrogen) atoms. The van der Waals surface area contributed by atoms with Crippen molar-refractivity contribution in [2.75, 3.05) is 10.6 Å². The van der Waals surface area contributed by atoms with Gasteiger partial charge in [-0.05, 0) is 43.3 Å². The lowest BCUT2D eigenvalue weighted by atomic mass is 10.2. The monoisotopic (exact) mass is 383 g/mol. The molecule has 3 aromatic rings. The smallest absolute Gasteiger partial charge is 0.277 e. The predicted molar refractivity (Wildman–Crippen MR) is 102 cm³/mol. The minimum absolute atomic E-state index is 0.151. The van der Waals surface area contributed by atoms with Gasteiger partial charge in [0.15, 0.2) is 0 Å². The van der Waals surface area contributed by atoms with E-state index in [4.69, 9.17) is 4.42 Å². The van der Waals surface area contributed by atoms with Gasteiger partial charge in [-0.3, -0.25) is 14.6 Å². The highest BCUT2D eigenvalue weighted by atomic mass is 32.2. The van der Waals surface area contributed by atoms with Crippen molar-refractivity contribution in [1.82, 2.24) is 15.2 Å². The van der Waals surface area contributed by atoms with Crippen LogP contribution < -0.4 is 10.6 Å². The molecule has 0 bridgehead atoms. The van der Waals surface area contributed by atoms with E-state index in [1.165, 1.54) is 18.7 Å². The number of nitrogens with zero attached hydrogens (tertiary/aromatic N) is 3. The van der Waals surface area contributed by atoms with Gasteiger partial charge in [0, 0.05) is 30.7 Å². The number of carbonyl (C=O) groups excluding carboxylic acids is 2. The molecule has 2 aromatic heterocycles. The van der Waals surface area contributed by atoms with E-state index in [0.29, 0.717) is 28.1 Å². The highest BCUT2D eigenvalue weighted by Gasteiger charge is 2.19. The first-order chi connectivity index (χ1) is 13.0. The Kier molecular flexibility index (Phi) is 5.82. The van der Waals surface area contributed by atoms with Crippen molar-refractivity contribution in [1.29, 1.82) is 0 Å². The average molecular weight is 383 g/mol. The van der Waals surface area contributed by atoms with E-state index < -0.39 is 5.25 Å². The first-order valence-corrected chi connectivity index (χ1v) is 8.98. The van der Waals surface area contributed by atoms with Crippen molar-refractivity contribution in [3.8, 4) is 11.5 Å². The first kappa shape index (κ1) is 18.6.